The van der Waals surface area contributed by atoms with E-state index in [-0.39, 0.29) is 12.5 Å². The molecular formula is C14H15ClN2O2S. The van der Waals surface area contributed by atoms with E-state index in [4.69, 9.17) is 11.6 Å². The highest BCUT2D eigenvalue weighted by Crippen LogP contribution is 2.15. The van der Waals surface area contributed by atoms with Gasteiger partial charge in [-0.15, -0.1) is 0 Å². The monoisotopic (exact) mass is 310 g/mol. The van der Waals surface area contributed by atoms with Crippen molar-refractivity contribution in [2.75, 3.05) is 18.4 Å². The summed E-state index contributed by atoms with van der Waals surface area (Å²) in [5.74, 6) is -0.176. The molecule has 1 aromatic heterocycles. The van der Waals surface area contributed by atoms with E-state index < -0.39 is 6.10 Å². The van der Waals surface area contributed by atoms with Crippen molar-refractivity contribution < 1.29 is 9.90 Å². The molecule has 0 aliphatic rings. The van der Waals surface area contributed by atoms with Crippen molar-refractivity contribution in [2.45, 2.75) is 6.10 Å². The molecule has 0 bridgehead atoms. The third kappa shape index (κ3) is 4.61. The largest absolute Gasteiger partial charge is 0.387 e. The smallest absolute Gasteiger partial charge is 0.238 e. The van der Waals surface area contributed by atoms with Gasteiger partial charge in [-0.2, -0.15) is 11.3 Å². The minimum absolute atomic E-state index is 0.133. The zero-order valence-corrected chi connectivity index (χ0v) is 12.2. The molecule has 1 amide bonds. The van der Waals surface area contributed by atoms with E-state index in [1.165, 1.54) is 11.3 Å². The van der Waals surface area contributed by atoms with Crippen LogP contribution in [0.5, 0.6) is 0 Å². The minimum atomic E-state index is -0.597. The van der Waals surface area contributed by atoms with Crippen LogP contribution in [0.2, 0.25) is 5.02 Å². The van der Waals surface area contributed by atoms with Gasteiger partial charge in [-0.05, 0) is 40.6 Å². The Morgan fingerprint density at radius 2 is 2.25 bits per heavy atom. The summed E-state index contributed by atoms with van der Waals surface area (Å²) in [4.78, 5) is 11.7. The van der Waals surface area contributed by atoms with Gasteiger partial charge in [0.25, 0.3) is 0 Å². The Labute approximate surface area is 126 Å². The Kier molecular flexibility index (Phi) is 5.55. The molecule has 1 unspecified atom stereocenters. The molecule has 2 rings (SSSR count). The molecule has 6 heteroatoms. The average molecular weight is 311 g/mol. The minimum Gasteiger partial charge on any atom is -0.387 e. The van der Waals surface area contributed by atoms with Crippen molar-refractivity contribution in [3.63, 3.8) is 0 Å². The van der Waals surface area contributed by atoms with Crippen molar-refractivity contribution >= 4 is 34.5 Å². The predicted octanol–water partition coefficient (Wildman–Crippen LogP) is 2.66. The summed E-state index contributed by atoms with van der Waals surface area (Å²) in [6.45, 7) is 0.466. The maximum absolute atomic E-state index is 11.7. The summed E-state index contributed by atoms with van der Waals surface area (Å²) in [5, 5.41) is 19.9. The maximum Gasteiger partial charge on any atom is 0.238 e. The van der Waals surface area contributed by atoms with E-state index in [0.29, 0.717) is 17.3 Å². The molecule has 1 atom stereocenters. The Bertz CT molecular complexity index is 560. The van der Waals surface area contributed by atoms with Crippen LogP contribution in [0.1, 0.15) is 11.7 Å². The summed E-state index contributed by atoms with van der Waals surface area (Å²) < 4.78 is 0. The van der Waals surface area contributed by atoms with Crippen LogP contribution in [-0.2, 0) is 4.79 Å². The highest BCUT2D eigenvalue weighted by molar-refractivity contribution is 7.07. The van der Waals surface area contributed by atoms with Crippen molar-refractivity contribution in [3.05, 3.63) is 51.7 Å². The second-order valence-electron chi connectivity index (χ2n) is 4.26. The number of carbonyl (C=O) groups excluding carboxylic acids is 1. The van der Waals surface area contributed by atoms with Crippen molar-refractivity contribution in [1.29, 1.82) is 0 Å². The number of aliphatic hydroxyl groups excluding tert-OH is 1. The number of aliphatic hydroxyl groups is 1. The number of hydrogen-bond donors (Lipinski definition) is 3. The predicted molar refractivity (Wildman–Crippen MR) is 82.2 cm³/mol. The third-order valence-corrected chi connectivity index (χ3v) is 3.60. The SMILES string of the molecule is O=C(CNCC(O)c1ccsc1)Nc1cccc(Cl)c1. The van der Waals surface area contributed by atoms with E-state index in [2.05, 4.69) is 10.6 Å². The third-order valence-electron chi connectivity index (χ3n) is 2.66. The second kappa shape index (κ2) is 7.40. The topological polar surface area (TPSA) is 61.4 Å². The Morgan fingerprint density at radius 1 is 1.40 bits per heavy atom. The van der Waals surface area contributed by atoms with Crippen LogP contribution in [0, 0.1) is 0 Å². The summed E-state index contributed by atoms with van der Waals surface area (Å²) in [6.07, 6.45) is -0.597. The lowest BCUT2D eigenvalue weighted by Crippen LogP contribution is -2.31. The second-order valence-corrected chi connectivity index (χ2v) is 5.48. The number of hydrogen-bond acceptors (Lipinski definition) is 4. The first-order chi connectivity index (χ1) is 9.65. The number of benzene rings is 1. The molecule has 0 radical (unpaired) electrons. The number of anilines is 1. The van der Waals surface area contributed by atoms with Gasteiger partial charge in [0.2, 0.25) is 5.91 Å². The van der Waals surface area contributed by atoms with E-state index >= 15 is 0 Å². The molecule has 0 aliphatic carbocycles. The van der Waals surface area contributed by atoms with Crippen LogP contribution < -0.4 is 10.6 Å². The van der Waals surface area contributed by atoms with Gasteiger partial charge in [0.05, 0.1) is 12.6 Å². The van der Waals surface area contributed by atoms with Gasteiger partial charge in [0.1, 0.15) is 0 Å². The number of carbonyl (C=O) groups is 1. The van der Waals surface area contributed by atoms with Crippen molar-refractivity contribution in [2.24, 2.45) is 0 Å². The van der Waals surface area contributed by atoms with E-state index in [1.54, 1.807) is 24.3 Å². The van der Waals surface area contributed by atoms with Crippen molar-refractivity contribution in [1.82, 2.24) is 5.32 Å². The molecule has 0 saturated heterocycles. The lowest BCUT2D eigenvalue weighted by molar-refractivity contribution is -0.115. The van der Waals surface area contributed by atoms with Gasteiger partial charge in [0.15, 0.2) is 0 Å². The highest BCUT2D eigenvalue weighted by Gasteiger charge is 2.08. The lowest BCUT2D eigenvalue weighted by Gasteiger charge is -2.10. The summed E-state index contributed by atoms with van der Waals surface area (Å²) in [7, 11) is 0. The van der Waals surface area contributed by atoms with Crippen LogP contribution in [0.25, 0.3) is 0 Å². The Hall–Kier alpha value is -1.40. The van der Waals surface area contributed by atoms with Gasteiger partial charge >= 0.3 is 0 Å². The molecule has 2 aromatic rings. The summed E-state index contributed by atoms with van der Waals surface area (Å²) >= 11 is 7.36. The molecule has 3 N–H and O–H groups in total. The number of nitrogens with one attached hydrogen (secondary N) is 2. The first kappa shape index (κ1) is 15.0. The lowest BCUT2D eigenvalue weighted by atomic mass is 10.2. The van der Waals surface area contributed by atoms with Crippen LogP contribution in [0.3, 0.4) is 0 Å². The molecule has 4 nitrogen and oxygen atoms in total. The zero-order chi connectivity index (χ0) is 14.4. The first-order valence-electron chi connectivity index (χ1n) is 6.11. The van der Waals surface area contributed by atoms with Gasteiger partial charge in [-0.25, -0.2) is 0 Å². The molecule has 0 spiro atoms. The Balaban J connectivity index is 1.73. The maximum atomic E-state index is 11.7. The van der Waals surface area contributed by atoms with Gasteiger partial charge in [0, 0.05) is 17.3 Å². The van der Waals surface area contributed by atoms with Gasteiger partial charge in [-0.1, -0.05) is 17.7 Å². The molecular weight excluding hydrogens is 296 g/mol. The fraction of sp³-hybridized carbons (Fsp3) is 0.214. The molecule has 20 heavy (non-hydrogen) atoms. The first-order valence-corrected chi connectivity index (χ1v) is 7.43. The number of thiophene rings is 1. The van der Waals surface area contributed by atoms with E-state index in [1.807, 2.05) is 16.8 Å². The number of rotatable bonds is 6. The molecule has 1 aromatic carbocycles. The average Bonchev–Trinajstić information content (AvgIpc) is 2.92. The van der Waals surface area contributed by atoms with Crippen LogP contribution >= 0.6 is 22.9 Å². The van der Waals surface area contributed by atoms with Crippen LogP contribution in [0.4, 0.5) is 5.69 Å². The summed E-state index contributed by atoms with van der Waals surface area (Å²) in [5.41, 5.74) is 1.51. The zero-order valence-electron chi connectivity index (χ0n) is 10.7. The van der Waals surface area contributed by atoms with Gasteiger partial charge < -0.3 is 15.7 Å². The number of amides is 1. The highest BCUT2D eigenvalue weighted by atomic mass is 35.5. The molecule has 0 saturated carbocycles. The van der Waals surface area contributed by atoms with Crippen molar-refractivity contribution in [3.8, 4) is 0 Å². The fourth-order valence-corrected chi connectivity index (χ4v) is 2.57. The summed E-state index contributed by atoms with van der Waals surface area (Å²) in [6, 6.07) is 8.82. The van der Waals surface area contributed by atoms with E-state index in [0.717, 1.165) is 5.56 Å². The van der Waals surface area contributed by atoms with Gasteiger partial charge in [-0.3, -0.25) is 4.79 Å². The number of halogens is 1. The Morgan fingerprint density at radius 3 is 2.95 bits per heavy atom. The van der Waals surface area contributed by atoms with E-state index in [9.17, 15) is 9.90 Å². The molecule has 1 heterocycles. The molecule has 106 valence electrons. The normalized spacial score (nSPS) is 12.1. The fourth-order valence-electron chi connectivity index (χ4n) is 1.68. The quantitative estimate of drug-likeness (QED) is 0.768. The van der Waals surface area contributed by atoms with Crippen LogP contribution in [0.15, 0.2) is 41.1 Å². The molecule has 0 aliphatic heterocycles. The van der Waals surface area contributed by atoms with Crippen LogP contribution in [-0.4, -0.2) is 24.1 Å². The molecule has 0 fully saturated rings. The standard InChI is InChI=1S/C14H15ClN2O2S/c15-11-2-1-3-12(6-11)17-14(19)8-16-7-13(18)10-4-5-20-9-10/h1-6,9,13,16,18H,7-8H2,(H,17,19).